The average molecular weight is 259 g/mol. The Hall–Kier alpha value is -0.310. The van der Waals surface area contributed by atoms with Crippen LogP contribution in [0, 0.1) is 18.3 Å². The summed E-state index contributed by atoms with van der Waals surface area (Å²) in [6.45, 7) is 9.92. The molecular weight excluding hydrogens is 240 g/mol. The predicted molar refractivity (Wildman–Crippen MR) is 63.7 cm³/mol. The maximum absolute atomic E-state index is 4.31. The number of halogens is 1. The van der Waals surface area contributed by atoms with Crippen molar-refractivity contribution in [2.24, 2.45) is 11.3 Å². The zero-order chi connectivity index (χ0) is 10.8. The van der Waals surface area contributed by atoms with Crippen molar-refractivity contribution in [2.75, 3.05) is 5.33 Å². The molecule has 0 aliphatic heterocycles. The minimum Gasteiger partial charge on any atom is -0.270 e. The summed E-state index contributed by atoms with van der Waals surface area (Å²) in [6.07, 6.45) is 1.86. The molecule has 1 atom stereocenters. The molecule has 0 aliphatic rings. The molecule has 0 fully saturated rings. The Kier molecular flexibility index (Phi) is 3.76. The van der Waals surface area contributed by atoms with Crippen LogP contribution in [0.5, 0.6) is 0 Å². The van der Waals surface area contributed by atoms with Crippen molar-refractivity contribution in [3.05, 3.63) is 18.0 Å². The van der Waals surface area contributed by atoms with Crippen molar-refractivity contribution in [2.45, 2.75) is 34.2 Å². The van der Waals surface area contributed by atoms with E-state index in [0.717, 1.165) is 11.9 Å². The van der Waals surface area contributed by atoms with Crippen LogP contribution in [0.3, 0.4) is 0 Å². The summed E-state index contributed by atoms with van der Waals surface area (Å²) in [7, 11) is 0. The third kappa shape index (κ3) is 2.84. The Morgan fingerprint density at radius 1 is 1.50 bits per heavy atom. The van der Waals surface area contributed by atoms with Gasteiger partial charge in [0.05, 0.1) is 0 Å². The summed E-state index contributed by atoms with van der Waals surface area (Å²) in [5.74, 6) is 0.612. The zero-order valence-corrected chi connectivity index (χ0v) is 11.0. The first kappa shape index (κ1) is 11.8. The molecule has 0 aliphatic carbocycles. The quantitative estimate of drug-likeness (QED) is 0.762. The molecule has 1 rings (SSSR count). The molecule has 2 nitrogen and oxygen atoms in total. The van der Waals surface area contributed by atoms with E-state index in [2.05, 4.69) is 53.4 Å². The van der Waals surface area contributed by atoms with Gasteiger partial charge in [-0.1, -0.05) is 36.7 Å². The molecule has 0 radical (unpaired) electrons. The van der Waals surface area contributed by atoms with Gasteiger partial charge >= 0.3 is 0 Å². The van der Waals surface area contributed by atoms with Crippen LogP contribution >= 0.6 is 15.9 Å². The second kappa shape index (κ2) is 4.47. The normalized spacial score (nSPS) is 14.4. The van der Waals surface area contributed by atoms with Crippen molar-refractivity contribution in [3.63, 3.8) is 0 Å². The number of aromatic nitrogens is 2. The van der Waals surface area contributed by atoms with Gasteiger partial charge in [0.1, 0.15) is 0 Å². The van der Waals surface area contributed by atoms with Gasteiger partial charge in [-0.05, 0) is 24.3 Å². The first-order valence-corrected chi connectivity index (χ1v) is 6.11. The highest BCUT2D eigenvalue weighted by Crippen LogP contribution is 2.28. The van der Waals surface area contributed by atoms with E-state index in [9.17, 15) is 0 Å². The summed E-state index contributed by atoms with van der Waals surface area (Å²) in [4.78, 5) is 0. The van der Waals surface area contributed by atoms with E-state index in [1.807, 2.05) is 12.3 Å². The van der Waals surface area contributed by atoms with E-state index < -0.39 is 0 Å². The summed E-state index contributed by atoms with van der Waals surface area (Å²) in [5.41, 5.74) is 1.56. The van der Waals surface area contributed by atoms with Gasteiger partial charge in [-0.3, -0.25) is 4.68 Å². The van der Waals surface area contributed by atoms with E-state index in [1.165, 1.54) is 5.69 Å². The maximum atomic E-state index is 4.31. The Balaban J connectivity index is 2.71. The van der Waals surface area contributed by atoms with Gasteiger partial charge in [0.25, 0.3) is 0 Å². The second-order valence-corrected chi connectivity index (χ2v) is 5.52. The molecule has 0 amide bonds. The van der Waals surface area contributed by atoms with E-state index in [0.29, 0.717) is 11.3 Å². The standard InChI is InChI=1S/C11H19BrN2/c1-9-5-6-13-14(9)8-10(7-12)11(2,3)4/h5-6,10H,7-8H2,1-4H3. The molecule has 0 spiro atoms. The molecule has 3 heteroatoms. The van der Waals surface area contributed by atoms with Crippen LogP contribution < -0.4 is 0 Å². The Morgan fingerprint density at radius 2 is 2.14 bits per heavy atom. The molecular formula is C11H19BrN2. The summed E-state index contributed by atoms with van der Waals surface area (Å²) in [5, 5.41) is 5.34. The van der Waals surface area contributed by atoms with Crippen LogP contribution in [0.2, 0.25) is 0 Å². The number of aryl methyl sites for hydroxylation is 1. The molecule has 1 aromatic rings. The predicted octanol–water partition coefficient (Wildman–Crippen LogP) is 3.25. The van der Waals surface area contributed by atoms with Crippen molar-refractivity contribution >= 4 is 15.9 Å². The van der Waals surface area contributed by atoms with E-state index in [1.54, 1.807) is 0 Å². The lowest BCUT2D eigenvalue weighted by Crippen LogP contribution is -2.27. The molecule has 1 heterocycles. The van der Waals surface area contributed by atoms with Crippen molar-refractivity contribution in [1.29, 1.82) is 0 Å². The van der Waals surface area contributed by atoms with Gasteiger partial charge in [0.15, 0.2) is 0 Å². The van der Waals surface area contributed by atoms with Gasteiger partial charge in [0.2, 0.25) is 0 Å². The summed E-state index contributed by atoms with van der Waals surface area (Å²) in [6, 6.07) is 2.05. The van der Waals surface area contributed by atoms with Crippen LogP contribution in [0.15, 0.2) is 12.3 Å². The molecule has 0 bridgehead atoms. The lowest BCUT2D eigenvalue weighted by atomic mass is 9.82. The van der Waals surface area contributed by atoms with Crippen molar-refractivity contribution < 1.29 is 0 Å². The van der Waals surface area contributed by atoms with Gasteiger partial charge in [0, 0.05) is 23.8 Å². The highest BCUT2D eigenvalue weighted by atomic mass is 79.9. The zero-order valence-electron chi connectivity index (χ0n) is 9.42. The van der Waals surface area contributed by atoms with Gasteiger partial charge in [-0.15, -0.1) is 0 Å². The van der Waals surface area contributed by atoms with E-state index in [4.69, 9.17) is 0 Å². The smallest absolute Gasteiger partial charge is 0.0492 e. The number of alkyl halides is 1. The van der Waals surface area contributed by atoms with Crippen LogP contribution in [0.25, 0.3) is 0 Å². The average Bonchev–Trinajstić information content (AvgIpc) is 2.45. The highest BCUT2D eigenvalue weighted by molar-refractivity contribution is 9.09. The molecule has 1 aromatic heterocycles. The van der Waals surface area contributed by atoms with Gasteiger partial charge in [-0.25, -0.2) is 0 Å². The minimum absolute atomic E-state index is 0.321. The van der Waals surface area contributed by atoms with Crippen LogP contribution in [0.4, 0.5) is 0 Å². The molecule has 14 heavy (non-hydrogen) atoms. The molecule has 80 valence electrons. The SMILES string of the molecule is Cc1ccnn1CC(CBr)C(C)(C)C. The first-order valence-electron chi connectivity index (χ1n) is 4.99. The van der Waals surface area contributed by atoms with Crippen molar-refractivity contribution in [3.8, 4) is 0 Å². The van der Waals surface area contributed by atoms with Gasteiger partial charge < -0.3 is 0 Å². The van der Waals surface area contributed by atoms with Crippen LogP contribution in [0.1, 0.15) is 26.5 Å². The number of hydrogen-bond donors (Lipinski definition) is 0. The van der Waals surface area contributed by atoms with E-state index >= 15 is 0 Å². The lowest BCUT2D eigenvalue weighted by Gasteiger charge is -2.29. The first-order chi connectivity index (χ1) is 6.45. The second-order valence-electron chi connectivity index (χ2n) is 4.87. The summed E-state index contributed by atoms with van der Waals surface area (Å²) < 4.78 is 2.08. The molecule has 1 unspecified atom stereocenters. The number of nitrogens with zero attached hydrogens (tertiary/aromatic N) is 2. The van der Waals surface area contributed by atoms with E-state index in [-0.39, 0.29) is 0 Å². The van der Waals surface area contributed by atoms with Crippen LogP contribution in [-0.4, -0.2) is 15.1 Å². The largest absolute Gasteiger partial charge is 0.270 e. The van der Waals surface area contributed by atoms with Gasteiger partial charge in [-0.2, -0.15) is 5.10 Å². The molecule has 0 N–H and O–H groups in total. The minimum atomic E-state index is 0.321. The summed E-state index contributed by atoms with van der Waals surface area (Å²) >= 11 is 3.58. The molecule has 0 saturated heterocycles. The highest BCUT2D eigenvalue weighted by Gasteiger charge is 2.24. The number of rotatable bonds is 3. The Bertz CT molecular complexity index is 286. The maximum Gasteiger partial charge on any atom is 0.0492 e. The van der Waals surface area contributed by atoms with Crippen LogP contribution in [-0.2, 0) is 6.54 Å². The Morgan fingerprint density at radius 3 is 2.50 bits per heavy atom. The third-order valence-electron chi connectivity index (χ3n) is 2.73. The Labute approximate surface area is 94.8 Å². The molecule has 0 saturated carbocycles. The molecule has 0 aromatic carbocycles. The fourth-order valence-corrected chi connectivity index (χ4v) is 2.53. The fourth-order valence-electron chi connectivity index (χ4n) is 1.35. The third-order valence-corrected chi connectivity index (χ3v) is 3.51. The lowest BCUT2D eigenvalue weighted by molar-refractivity contribution is 0.230. The number of hydrogen-bond acceptors (Lipinski definition) is 1. The van der Waals surface area contributed by atoms with Crippen molar-refractivity contribution in [1.82, 2.24) is 9.78 Å². The monoisotopic (exact) mass is 258 g/mol. The fraction of sp³-hybridized carbons (Fsp3) is 0.727. The topological polar surface area (TPSA) is 17.8 Å².